The molecule has 1 aliphatic heterocycles. The van der Waals surface area contributed by atoms with E-state index in [2.05, 4.69) is 4.98 Å². The van der Waals surface area contributed by atoms with Crippen molar-refractivity contribution in [3.63, 3.8) is 0 Å². The summed E-state index contributed by atoms with van der Waals surface area (Å²) >= 11 is 0. The maximum Gasteiger partial charge on any atom is 0.341 e. The molecule has 1 aromatic heterocycles. The zero-order chi connectivity index (χ0) is 15.0. The third-order valence-electron chi connectivity index (χ3n) is 3.84. The first-order valence-electron chi connectivity index (χ1n) is 6.91. The average Bonchev–Trinajstić information content (AvgIpc) is 2.46. The molecule has 0 unspecified atom stereocenters. The molecular formula is C15H15FN2O3. The number of carboxylic acids is 1. The monoisotopic (exact) mass is 290 g/mol. The van der Waals surface area contributed by atoms with Crippen LogP contribution in [0.5, 0.6) is 0 Å². The number of hydrogen-bond acceptors (Lipinski definition) is 3. The minimum Gasteiger partial charge on any atom is -0.477 e. The molecule has 110 valence electrons. The molecule has 6 heteroatoms. The summed E-state index contributed by atoms with van der Waals surface area (Å²) in [5.74, 6) is -1.69. The van der Waals surface area contributed by atoms with Gasteiger partial charge in [-0.2, -0.15) is 0 Å². The standard InChI is InChI=1S/C15H15FN2O3/c16-11-8-12-9(6-10(15(20)21)14(19)17-12)7-13(11)18-4-2-1-3-5-18/h6-8H,1-5H2,(H,17,19)(H,20,21). The van der Waals surface area contributed by atoms with Gasteiger partial charge in [-0.3, -0.25) is 4.79 Å². The zero-order valence-electron chi connectivity index (χ0n) is 11.4. The van der Waals surface area contributed by atoms with E-state index in [4.69, 9.17) is 5.11 Å². The lowest BCUT2D eigenvalue weighted by molar-refractivity contribution is 0.0695. The lowest BCUT2D eigenvalue weighted by atomic mass is 10.1. The second-order valence-electron chi connectivity index (χ2n) is 5.26. The van der Waals surface area contributed by atoms with E-state index in [0.29, 0.717) is 16.6 Å². The number of piperidine rings is 1. The second-order valence-corrected chi connectivity index (χ2v) is 5.26. The molecule has 1 saturated heterocycles. The van der Waals surface area contributed by atoms with Crippen LogP contribution in [0.4, 0.5) is 10.1 Å². The van der Waals surface area contributed by atoms with Crippen LogP contribution in [0.3, 0.4) is 0 Å². The smallest absolute Gasteiger partial charge is 0.341 e. The molecular weight excluding hydrogens is 275 g/mol. The Hall–Kier alpha value is -2.37. The van der Waals surface area contributed by atoms with Crippen LogP contribution < -0.4 is 10.5 Å². The zero-order valence-corrected chi connectivity index (χ0v) is 11.4. The van der Waals surface area contributed by atoms with Crippen molar-refractivity contribution >= 4 is 22.6 Å². The molecule has 1 fully saturated rings. The Bertz CT molecular complexity index is 763. The number of hydrogen-bond donors (Lipinski definition) is 2. The summed E-state index contributed by atoms with van der Waals surface area (Å²) in [5, 5.41) is 9.52. The summed E-state index contributed by atoms with van der Waals surface area (Å²) in [6.07, 6.45) is 3.18. The Morgan fingerprint density at radius 1 is 1.19 bits per heavy atom. The molecule has 21 heavy (non-hydrogen) atoms. The van der Waals surface area contributed by atoms with Crippen LogP contribution >= 0.6 is 0 Å². The minimum absolute atomic E-state index is 0.309. The van der Waals surface area contributed by atoms with Crippen molar-refractivity contribution < 1.29 is 14.3 Å². The maximum atomic E-state index is 14.2. The van der Waals surface area contributed by atoms with Crippen LogP contribution in [0.2, 0.25) is 0 Å². The molecule has 3 rings (SSSR count). The summed E-state index contributed by atoms with van der Waals surface area (Å²) in [7, 11) is 0. The molecule has 1 aromatic carbocycles. The van der Waals surface area contributed by atoms with Crippen LogP contribution in [0.15, 0.2) is 23.0 Å². The number of aromatic carboxylic acids is 1. The van der Waals surface area contributed by atoms with Gasteiger partial charge in [0.15, 0.2) is 0 Å². The molecule has 0 atom stereocenters. The van der Waals surface area contributed by atoms with E-state index in [0.717, 1.165) is 32.4 Å². The summed E-state index contributed by atoms with van der Waals surface area (Å²) < 4.78 is 14.2. The molecule has 2 heterocycles. The van der Waals surface area contributed by atoms with Crippen LogP contribution in [-0.4, -0.2) is 29.1 Å². The lowest BCUT2D eigenvalue weighted by Gasteiger charge is -2.29. The summed E-state index contributed by atoms with van der Waals surface area (Å²) in [6, 6.07) is 4.16. The Morgan fingerprint density at radius 2 is 1.90 bits per heavy atom. The van der Waals surface area contributed by atoms with Gasteiger partial charge in [0, 0.05) is 24.5 Å². The lowest BCUT2D eigenvalue weighted by Crippen LogP contribution is -2.30. The first-order valence-corrected chi connectivity index (χ1v) is 6.91. The first-order chi connectivity index (χ1) is 10.1. The normalized spacial score (nSPS) is 15.4. The van der Waals surface area contributed by atoms with Gasteiger partial charge in [0.1, 0.15) is 11.4 Å². The fourth-order valence-electron chi connectivity index (χ4n) is 2.75. The number of carboxylic acid groups (broad SMARTS) is 1. The topological polar surface area (TPSA) is 73.4 Å². The first kappa shape index (κ1) is 13.6. The van der Waals surface area contributed by atoms with Crippen molar-refractivity contribution in [1.29, 1.82) is 0 Å². The van der Waals surface area contributed by atoms with Crippen molar-refractivity contribution in [3.05, 3.63) is 39.9 Å². The van der Waals surface area contributed by atoms with Gasteiger partial charge < -0.3 is 15.0 Å². The van der Waals surface area contributed by atoms with E-state index in [-0.39, 0.29) is 5.56 Å². The Labute approximate surface area is 120 Å². The molecule has 0 bridgehead atoms. The van der Waals surface area contributed by atoms with Gasteiger partial charge in [-0.25, -0.2) is 9.18 Å². The molecule has 0 amide bonds. The molecule has 1 aliphatic rings. The highest BCUT2D eigenvalue weighted by Crippen LogP contribution is 2.27. The van der Waals surface area contributed by atoms with E-state index in [9.17, 15) is 14.0 Å². The Kier molecular flexibility index (Phi) is 3.37. The molecule has 2 N–H and O–H groups in total. The fraction of sp³-hybridized carbons (Fsp3) is 0.333. The molecule has 5 nitrogen and oxygen atoms in total. The highest BCUT2D eigenvalue weighted by Gasteiger charge is 2.17. The van der Waals surface area contributed by atoms with Crippen molar-refractivity contribution in [3.8, 4) is 0 Å². The minimum atomic E-state index is -1.29. The predicted octanol–water partition coefficient (Wildman–Crippen LogP) is 2.36. The summed E-state index contributed by atoms with van der Waals surface area (Å²) in [4.78, 5) is 27.0. The van der Waals surface area contributed by atoms with E-state index in [1.165, 1.54) is 12.1 Å². The number of pyridine rings is 1. The fourth-order valence-corrected chi connectivity index (χ4v) is 2.75. The molecule has 0 saturated carbocycles. The number of rotatable bonds is 2. The van der Waals surface area contributed by atoms with Crippen molar-refractivity contribution in [2.24, 2.45) is 0 Å². The van der Waals surface area contributed by atoms with E-state index < -0.39 is 17.3 Å². The van der Waals surface area contributed by atoms with Gasteiger partial charge in [-0.05, 0) is 31.4 Å². The van der Waals surface area contributed by atoms with Crippen LogP contribution in [0, 0.1) is 5.82 Å². The third-order valence-corrected chi connectivity index (χ3v) is 3.84. The van der Waals surface area contributed by atoms with Crippen LogP contribution in [-0.2, 0) is 0 Å². The average molecular weight is 290 g/mol. The van der Waals surface area contributed by atoms with E-state index in [1.54, 1.807) is 6.07 Å². The molecule has 0 spiro atoms. The van der Waals surface area contributed by atoms with Gasteiger partial charge in [-0.15, -0.1) is 0 Å². The highest BCUT2D eigenvalue weighted by molar-refractivity contribution is 5.93. The van der Waals surface area contributed by atoms with Crippen molar-refractivity contribution in [2.75, 3.05) is 18.0 Å². The number of aromatic amines is 1. The number of halogens is 1. The Morgan fingerprint density at radius 3 is 2.57 bits per heavy atom. The number of anilines is 1. The SMILES string of the molecule is O=C(O)c1cc2cc(N3CCCCC3)c(F)cc2[nH]c1=O. The highest BCUT2D eigenvalue weighted by atomic mass is 19.1. The van der Waals surface area contributed by atoms with Gasteiger partial charge in [0.05, 0.1) is 11.2 Å². The summed E-state index contributed by atoms with van der Waals surface area (Å²) in [6.45, 7) is 1.58. The van der Waals surface area contributed by atoms with E-state index in [1.807, 2.05) is 4.90 Å². The largest absolute Gasteiger partial charge is 0.477 e. The molecule has 0 aliphatic carbocycles. The van der Waals surface area contributed by atoms with Crippen molar-refractivity contribution in [2.45, 2.75) is 19.3 Å². The van der Waals surface area contributed by atoms with Gasteiger partial charge in [-0.1, -0.05) is 0 Å². The van der Waals surface area contributed by atoms with E-state index >= 15 is 0 Å². The summed E-state index contributed by atoms with van der Waals surface area (Å²) in [5.41, 5.74) is -0.285. The number of fused-ring (bicyclic) bond motifs is 1. The Balaban J connectivity index is 2.14. The third kappa shape index (κ3) is 2.49. The number of carbonyl (C=O) groups is 1. The molecule has 2 aromatic rings. The molecule has 0 radical (unpaired) electrons. The maximum absolute atomic E-state index is 14.2. The van der Waals surface area contributed by atoms with Gasteiger partial charge in [0.2, 0.25) is 0 Å². The van der Waals surface area contributed by atoms with Crippen LogP contribution in [0.1, 0.15) is 29.6 Å². The number of nitrogens with one attached hydrogen (secondary N) is 1. The quantitative estimate of drug-likeness (QED) is 0.890. The predicted molar refractivity (Wildman–Crippen MR) is 77.6 cm³/mol. The number of aromatic nitrogens is 1. The van der Waals surface area contributed by atoms with Gasteiger partial charge in [0.25, 0.3) is 5.56 Å². The van der Waals surface area contributed by atoms with Crippen LogP contribution in [0.25, 0.3) is 10.9 Å². The number of benzene rings is 1. The number of nitrogens with zero attached hydrogens (tertiary/aromatic N) is 1. The number of H-pyrrole nitrogens is 1. The second kappa shape index (κ2) is 5.20. The van der Waals surface area contributed by atoms with Gasteiger partial charge >= 0.3 is 5.97 Å². The van der Waals surface area contributed by atoms with Crippen molar-refractivity contribution in [1.82, 2.24) is 4.98 Å².